The number of benzene rings is 1. The molecule has 0 amide bonds. The lowest BCUT2D eigenvalue weighted by atomic mass is 9.95. The minimum Gasteiger partial charge on any atom is -0.324 e. The van der Waals surface area contributed by atoms with E-state index in [2.05, 4.69) is 13.8 Å². The zero-order chi connectivity index (χ0) is 11.4. The van der Waals surface area contributed by atoms with Crippen LogP contribution >= 0.6 is 11.6 Å². The van der Waals surface area contributed by atoms with E-state index in [0.717, 1.165) is 18.4 Å². The normalized spacial score (nSPS) is 15.0. The third-order valence-electron chi connectivity index (χ3n) is 2.72. The highest BCUT2D eigenvalue weighted by Gasteiger charge is 2.13. The molecule has 2 atom stereocenters. The maximum atomic E-state index is 12.8. The molecular formula is C12H17ClFN. The lowest BCUT2D eigenvalue weighted by Gasteiger charge is -2.17. The quantitative estimate of drug-likeness (QED) is 0.832. The van der Waals surface area contributed by atoms with Crippen LogP contribution in [0.25, 0.3) is 0 Å². The Morgan fingerprint density at radius 3 is 2.67 bits per heavy atom. The summed E-state index contributed by atoms with van der Waals surface area (Å²) in [4.78, 5) is 0. The molecular weight excluding hydrogens is 213 g/mol. The number of hydrogen-bond donors (Lipinski definition) is 1. The highest BCUT2D eigenvalue weighted by molar-refractivity contribution is 6.31. The van der Waals surface area contributed by atoms with Crippen molar-refractivity contribution in [3.8, 4) is 0 Å². The molecule has 3 heteroatoms. The van der Waals surface area contributed by atoms with Crippen molar-refractivity contribution in [1.82, 2.24) is 0 Å². The van der Waals surface area contributed by atoms with Crippen LogP contribution in [-0.4, -0.2) is 0 Å². The van der Waals surface area contributed by atoms with Crippen LogP contribution in [0, 0.1) is 11.7 Å². The summed E-state index contributed by atoms with van der Waals surface area (Å²) in [6, 6.07) is 4.28. The summed E-state index contributed by atoms with van der Waals surface area (Å²) < 4.78 is 12.8. The fourth-order valence-corrected chi connectivity index (χ4v) is 1.84. The maximum Gasteiger partial charge on any atom is 0.124 e. The lowest BCUT2D eigenvalue weighted by Crippen LogP contribution is -2.14. The third kappa shape index (κ3) is 3.47. The van der Waals surface area contributed by atoms with E-state index in [4.69, 9.17) is 17.3 Å². The van der Waals surface area contributed by atoms with E-state index in [1.165, 1.54) is 12.1 Å². The summed E-state index contributed by atoms with van der Waals surface area (Å²) in [5, 5.41) is 0.422. The molecule has 2 N–H and O–H groups in total. The van der Waals surface area contributed by atoms with E-state index in [9.17, 15) is 4.39 Å². The highest BCUT2D eigenvalue weighted by Crippen LogP contribution is 2.27. The molecule has 84 valence electrons. The minimum atomic E-state index is -0.320. The second kappa shape index (κ2) is 5.47. The summed E-state index contributed by atoms with van der Waals surface area (Å²) in [6.45, 7) is 4.28. The Morgan fingerprint density at radius 1 is 1.47 bits per heavy atom. The molecule has 1 aromatic rings. The molecule has 2 unspecified atom stereocenters. The first-order valence-electron chi connectivity index (χ1n) is 5.25. The standard InChI is InChI=1S/C12H17ClFN/c1-3-8(2)6-12(15)10-5-4-9(14)7-11(10)13/h4-5,7-8,12H,3,6,15H2,1-2H3. The van der Waals surface area contributed by atoms with Gasteiger partial charge in [0.1, 0.15) is 5.82 Å². The van der Waals surface area contributed by atoms with Gasteiger partial charge in [0, 0.05) is 11.1 Å². The molecule has 0 radical (unpaired) electrons. The van der Waals surface area contributed by atoms with Crippen molar-refractivity contribution in [1.29, 1.82) is 0 Å². The molecule has 1 nitrogen and oxygen atoms in total. The van der Waals surface area contributed by atoms with Gasteiger partial charge < -0.3 is 5.73 Å². The Hall–Kier alpha value is -0.600. The average Bonchev–Trinajstić information content (AvgIpc) is 2.17. The predicted octanol–water partition coefficient (Wildman–Crippen LogP) is 3.92. The molecule has 0 saturated carbocycles. The van der Waals surface area contributed by atoms with Crippen LogP contribution in [0.5, 0.6) is 0 Å². The number of halogens is 2. The molecule has 1 aromatic carbocycles. The van der Waals surface area contributed by atoms with Crippen LogP contribution in [0.3, 0.4) is 0 Å². The second-order valence-electron chi connectivity index (χ2n) is 4.02. The van der Waals surface area contributed by atoms with Crippen LogP contribution in [0.15, 0.2) is 18.2 Å². The zero-order valence-corrected chi connectivity index (χ0v) is 9.89. The molecule has 0 aliphatic heterocycles. The minimum absolute atomic E-state index is 0.104. The molecule has 0 aliphatic rings. The SMILES string of the molecule is CCC(C)CC(N)c1ccc(F)cc1Cl. The summed E-state index contributed by atoms with van der Waals surface area (Å²) in [5.74, 6) is 0.237. The molecule has 0 aromatic heterocycles. The second-order valence-corrected chi connectivity index (χ2v) is 4.43. The first-order chi connectivity index (χ1) is 7.04. The zero-order valence-electron chi connectivity index (χ0n) is 9.13. The fourth-order valence-electron chi connectivity index (χ4n) is 1.53. The Balaban J connectivity index is 2.77. The Morgan fingerprint density at radius 2 is 2.13 bits per heavy atom. The summed E-state index contributed by atoms with van der Waals surface area (Å²) in [6.07, 6.45) is 1.97. The number of rotatable bonds is 4. The van der Waals surface area contributed by atoms with Gasteiger partial charge in [0.25, 0.3) is 0 Å². The average molecular weight is 230 g/mol. The summed E-state index contributed by atoms with van der Waals surface area (Å²) >= 11 is 5.93. The third-order valence-corrected chi connectivity index (χ3v) is 3.04. The lowest BCUT2D eigenvalue weighted by molar-refractivity contribution is 0.461. The summed E-state index contributed by atoms with van der Waals surface area (Å²) in [7, 11) is 0. The van der Waals surface area contributed by atoms with Gasteiger partial charge in [0.15, 0.2) is 0 Å². The largest absolute Gasteiger partial charge is 0.324 e. The van der Waals surface area contributed by atoms with Crippen molar-refractivity contribution in [2.24, 2.45) is 11.7 Å². The van der Waals surface area contributed by atoms with Crippen molar-refractivity contribution in [2.45, 2.75) is 32.7 Å². The monoisotopic (exact) mass is 229 g/mol. The van der Waals surface area contributed by atoms with Crippen LogP contribution in [0.1, 0.15) is 38.3 Å². The summed E-state index contributed by atoms with van der Waals surface area (Å²) in [5.41, 5.74) is 6.85. The maximum absolute atomic E-state index is 12.8. The Bertz CT molecular complexity index is 327. The van der Waals surface area contributed by atoms with Gasteiger partial charge in [0.2, 0.25) is 0 Å². The van der Waals surface area contributed by atoms with Crippen LogP contribution in [0.2, 0.25) is 5.02 Å². The highest BCUT2D eigenvalue weighted by atomic mass is 35.5. The molecule has 15 heavy (non-hydrogen) atoms. The van der Waals surface area contributed by atoms with E-state index in [1.807, 2.05) is 0 Å². The van der Waals surface area contributed by atoms with E-state index in [-0.39, 0.29) is 11.9 Å². The van der Waals surface area contributed by atoms with Gasteiger partial charge in [-0.2, -0.15) is 0 Å². The van der Waals surface area contributed by atoms with Gasteiger partial charge in [-0.15, -0.1) is 0 Å². The molecule has 0 spiro atoms. The van der Waals surface area contributed by atoms with E-state index >= 15 is 0 Å². The van der Waals surface area contributed by atoms with Gasteiger partial charge in [-0.3, -0.25) is 0 Å². The molecule has 0 heterocycles. The molecule has 0 saturated heterocycles. The van der Waals surface area contributed by atoms with Crippen LogP contribution < -0.4 is 5.73 Å². The van der Waals surface area contributed by atoms with Gasteiger partial charge >= 0.3 is 0 Å². The number of nitrogens with two attached hydrogens (primary N) is 1. The van der Waals surface area contributed by atoms with Crippen LogP contribution in [-0.2, 0) is 0 Å². The van der Waals surface area contributed by atoms with Gasteiger partial charge in [-0.05, 0) is 30.0 Å². The van der Waals surface area contributed by atoms with Gasteiger partial charge in [-0.25, -0.2) is 4.39 Å². The van der Waals surface area contributed by atoms with Gasteiger partial charge in [-0.1, -0.05) is 37.9 Å². The number of hydrogen-bond acceptors (Lipinski definition) is 1. The first kappa shape index (κ1) is 12.5. The van der Waals surface area contributed by atoms with Crippen LogP contribution in [0.4, 0.5) is 4.39 Å². The predicted molar refractivity (Wildman–Crippen MR) is 62.4 cm³/mol. The first-order valence-corrected chi connectivity index (χ1v) is 5.63. The molecule has 0 aliphatic carbocycles. The van der Waals surface area contributed by atoms with Crippen molar-refractivity contribution >= 4 is 11.6 Å². The smallest absolute Gasteiger partial charge is 0.124 e. The van der Waals surface area contributed by atoms with E-state index in [1.54, 1.807) is 6.07 Å². The fraction of sp³-hybridized carbons (Fsp3) is 0.500. The topological polar surface area (TPSA) is 26.0 Å². The Kier molecular flexibility index (Phi) is 4.55. The molecule has 0 bridgehead atoms. The Labute approximate surface area is 95.4 Å². The molecule has 1 rings (SSSR count). The van der Waals surface area contributed by atoms with Gasteiger partial charge in [0.05, 0.1) is 0 Å². The van der Waals surface area contributed by atoms with Crippen molar-refractivity contribution < 1.29 is 4.39 Å². The van der Waals surface area contributed by atoms with Crippen molar-refractivity contribution in [3.63, 3.8) is 0 Å². The van der Waals surface area contributed by atoms with E-state index in [0.29, 0.717) is 10.9 Å². The van der Waals surface area contributed by atoms with Crippen molar-refractivity contribution in [2.75, 3.05) is 0 Å². The van der Waals surface area contributed by atoms with Crippen molar-refractivity contribution in [3.05, 3.63) is 34.6 Å². The van der Waals surface area contributed by atoms with E-state index < -0.39 is 0 Å². The molecule has 0 fully saturated rings.